The molecule has 2 aromatic rings. The summed E-state index contributed by atoms with van der Waals surface area (Å²) < 4.78 is 0. The molecule has 7 nitrogen and oxygen atoms in total. The molecule has 0 radical (unpaired) electrons. The van der Waals surface area contributed by atoms with E-state index < -0.39 is 11.9 Å². The van der Waals surface area contributed by atoms with Gasteiger partial charge < -0.3 is 20.0 Å². The maximum absolute atomic E-state index is 9.55. The first-order valence-electron chi connectivity index (χ1n) is 11.8. The topological polar surface area (TPSA) is 84.3 Å². The first-order chi connectivity index (χ1) is 16.4. The van der Waals surface area contributed by atoms with E-state index in [0.717, 1.165) is 19.5 Å². The molecule has 0 atom stereocenters. The molecule has 2 heterocycles. The molecule has 2 aliphatic heterocycles. The maximum Gasteiger partial charge on any atom is 0.328 e. The zero-order valence-electron chi connectivity index (χ0n) is 19.9. The molecule has 1 saturated heterocycles. The van der Waals surface area contributed by atoms with Gasteiger partial charge in [-0.2, -0.15) is 0 Å². The molecule has 2 N–H and O–H groups in total. The summed E-state index contributed by atoms with van der Waals surface area (Å²) in [5, 5.41) is 15.6. The molecule has 0 aromatic heterocycles. The van der Waals surface area contributed by atoms with E-state index in [0.29, 0.717) is 12.2 Å². The Hall–Kier alpha value is -3.00. The molecule has 182 valence electrons. The Morgan fingerprint density at radius 1 is 0.735 bits per heavy atom. The van der Waals surface area contributed by atoms with Crippen LogP contribution in [0.2, 0.25) is 0 Å². The molecule has 34 heavy (non-hydrogen) atoms. The summed E-state index contributed by atoms with van der Waals surface area (Å²) >= 11 is 0. The zero-order chi connectivity index (χ0) is 24.3. The SMILES string of the molecule is CN1CCN(CCCN2Cc3ccccc3Cc3ccccc3C2)CC1.O=C(O)/C=C\C(=O)O. The molecule has 0 amide bonds. The summed E-state index contributed by atoms with van der Waals surface area (Å²) in [5.41, 5.74) is 5.98. The van der Waals surface area contributed by atoms with Gasteiger partial charge in [-0.15, -0.1) is 0 Å². The molecule has 0 saturated carbocycles. The lowest BCUT2D eigenvalue weighted by molar-refractivity contribution is -0.134. The molecule has 0 spiro atoms. The molecule has 0 unspecified atom stereocenters. The summed E-state index contributed by atoms with van der Waals surface area (Å²) in [6.07, 6.45) is 3.44. The van der Waals surface area contributed by atoms with Crippen molar-refractivity contribution < 1.29 is 19.8 Å². The van der Waals surface area contributed by atoms with E-state index in [2.05, 4.69) is 70.3 Å². The van der Waals surface area contributed by atoms with Crippen LogP contribution in [0.4, 0.5) is 0 Å². The highest BCUT2D eigenvalue weighted by Gasteiger charge is 2.18. The van der Waals surface area contributed by atoms with Crippen LogP contribution in [-0.4, -0.2) is 83.2 Å². The van der Waals surface area contributed by atoms with Crippen LogP contribution in [-0.2, 0) is 29.1 Å². The fourth-order valence-corrected chi connectivity index (χ4v) is 4.40. The number of hydrogen-bond acceptors (Lipinski definition) is 5. The van der Waals surface area contributed by atoms with E-state index >= 15 is 0 Å². The molecule has 0 bridgehead atoms. The van der Waals surface area contributed by atoms with E-state index in [4.69, 9.17) is 10.2 Å². The van der Waals surface area contributed by atoms with E-state index in [1.807, 2.05) is 0 Å². The number of nitrogens with zero attached hydrogens (tertiary/aromatic N) is 3. The fourth-order valence-electron chi connectivity index (χ4n) is 4.40. The van der Waals surface area contributed by atoms with Gasteiger partial charge in [-0.3, -0.25) is 4.90 Å². The van der Waals surface area contributed by atoms with Crippen molar-refractivity contribution in [3.05, 3.63) is 82.9 Å². The second kappa shape index (κ2) is 13.0. The van der Waals surface area contributed by atoms with Crippen LogP contribution in [0.15, 0.2) is 60.7 Å². The largest absolute Gasteiger partial charge is 0.478 e. The van der Waals surface area contributed by atoms with Crippen LogP contribution in [0.5, 0.6) is 0 Å². The number of benzene rings is 2. The third-order valence-corrected chi connectivity index (χ3v) is 6.32. The molecule has 1 fully saturated rings. The molecule has 4 rings (SSSR count). The summed E-state index contributed by atoms with van der Waals surface area (Å²) in [4.78, 5) is 26.8. The minimum Gasteiger partial charge on any atom is -0.478 e. The fraction of sp³-hybridized carbons (Fsp3) is 0.407. The van der Waals surface area contributed by atoms with Crippen LogP contribution in [0.3, 0.4) is 0 Å². The summed E-state index contributed by atoms with van der Waals surface area (Å²) in [7, 11) is 2.23. The van der Waals surface area contributed by atoms with Crippen molar-refractivity contribution >= 4 is 11.9 Å². The Labute approximate surface area is 201 Å². The Morgan fingerprint density at radius 2 is 1.18 bits per heavy atom. The Kier molecular flexibility index (Phi) is 9.82. The second-order valence-electron chi connectivity index (χ2n) is 8.93. The predicted molar refractivity (Wildman–Crippen MR) is 133 cm³/mol. The number of carboxylic acids is 2. The zero-order valence-corrected chi connectivity index (χ0v) is 19.9. The van der Waals surface area contributed by atoms with Crippen molar-refractivity contribution in [1.82, 2.24) is 14.7 Å². The van der Waals surface area contributed by atoms with Crippen molar-refractivity contribution in [2.75, 3.05) is 46.3 Å². The van der Waals surface area contributed by atoms with E-state index in [9.17, 15) is 9.59 Å². The van der Waals surface area contributed by atoms with Crippen LogP contribution < -0.4 is 0 Å². The quantitative estimate of drug-likeness (QED) is 0.635. The third kappa shape index (κ3) is 8.41. The van der Waals surface area contributed by atoms with E-state index in [1.165, 1.54) is 67.9 Å². The minimum absolute atomic E-state index is 0.558. The Balaban J connectivity index is 0.000000350. The van der Waals surface area contributed by atoms with E-state index in [1.54, 1.807) is 0 Å². The number of aliphatic carboxylic acids is 2. The molecule has 2 aromatic carbocycles. The van der Waals surface area contributed by atoms with Gasteiger partial charge in [-0.1, -0.05) is 48.5 Å². The van der Waals surface area contributed by atoms with Crippen molar-refractivity contribution in [2.45, 2.75) is 25.9 Å². The number of likely N-dealkylation sites (N-methyl/N-ethyl adjacent to an activating group) is 1. The highest BCUT2D eigenvalue weighted by molar-refractivity contribution is 5.89. The normalized spacial score (nSPS) is 17.1. The average Bonchev–Trinajstić information content (AvgIpc) is 2.80. The monoisotopic (exact) mass is 465 g/mol. The lowest BCUT2D eigenvalue weighted by atomic mass is 9.93. The van der Waals surface area contributed by atoms with Gasteiger partial charge in [-0.25, -0.2) is 9.59 Å². The maximum atomic E-state index is 9.55. The van der Waals surface area contributed by atoms with Crippen molar-refractivity contribution in [1.29, 1.82) is 0 Å². The number of fused-ring (bicyclic) bond motifs is 2. The Bertz CT molecular complexity index is 920. The van der Waals surface area contributed by atoms with Crippen LogP contribution >= 0.6 is 0 Å². The summed E-state index contributed by atoms with van der Waals surface area (Å²) in [6, 6.07) is 18.0. The van der Waals surface area contributed by atoms with E-state index in [-0.39, 0.29) is 0 Å². The standard InChI is InChI=1S/C23H31N3.C4H4O4/c1-24-13-15-25(16-14-24)11-6-12-26-18-22-9-4-2-7-20(22)17-21-8-3-5-10-23(21)19-26;5-3(6)1-2-4(7)8/h2-5,7-10H,6,11-19H2,1H3;1-2H,(H,5,6)(H,7,8)/b;2-1-. The highest BCUT2D eigenvalue weighted by Crippen LogP contribution is 2.24. The van der Waals surface area contributed by atoms with Gasteiger partial charge in [0.05, 0.1) is 0 Å². The van der Waals surface area contributed by atoms with Gasteiger partial charge in [-0.05, 0) is 48.7 Å². The van der Waals surface area contributed by atoms with Gasteiger partial charge in [0.1, 0.15) is 0 Å². The van der Waals surface area contributed by atoms with Crippen molar-refractivity contribution in [3.63, 3.8) is 0 Å². The second-order valence-corrected chi connectivity index (χ2v) is 8.93. The minimum atomic E-state index is -1.26. The highest BCUT2D eigenvalue weighted by atomic mass is 16.4. The Morgan fingerprint density at radius 3 is 1.65 bits per heavy atom. The number of carbonyl (C=O) groups is 2. The number of carboxylic acid groups (broad SMARTS) is 2. The van der Waals surface area contributed by atoms with Crippen LogP contribution in [0.25, 0.3) is 0 Å². The lowest BCUT2D eigenvalue weighted by Crippen LogP contribution is -2.45. The average molecular weight is 466 g/mol. The molecular formula is C27H35N3O4. The number of hydrogen-bond donors (Lipinski definition) is 2. The van der Waals surface area contributed by atoms with Crippen LogP contribution in [0, 0.1) is 0 Å². The first kappa shape index (κ1) is 25.6. The summed E-state index contributed by atoms with van der Waals surface area (Å²) in [5.74, 6) is -2.51. The van der Waals surface area contributed by atoms with Gasteiger partial charge in [0, 0.05) is 58.0 Å². The van der Waals surface area contributed by atoms with Gasteiger partial charge >= 0.3 is 11.9 Å². The van der Waals surface area contributed by atoms with Crippen molar-refractivity contribution in [2.24, 2.45) is 0 Å². The van der Waals surface area contributed by atoms with Gasteiger partial charge in [0.25, 0.3) is 0 Å². The first-order valence-corrected chi connectivity index (χ1v) is 11.8. The third-order valence-electron chi connectivity index (χ3n) is 6.32. The smallest absolute Gasteiger partial charge is 0.328 e. The van der Waals surface area contributed by atoms with Gasteiger partial charge in [0.15, 0.2) is 0 Å². The number of piperazine rings is 1. The van der Waals surface area contributed by atoms with Crippen LogP contribution in [0.1, 0.15) is 28.7 Å². The number of rotatable bonds is 6. The van der Waals surface area contributed by atoms with Crippen molar-refractivity contribution in [3.8, 4) is 0 Å². The van der Waals surface area contributed by atoms with Gasteiger partial charge in [0.2, 0.25) is 0 Å². The molecule has 0 aliphatic carbocycles. The molecule has 7 heteroatoms. The molecule has 2 aliphatic rings. The predicted octanol–water partition coefficient (Wildman–Crippen LogP) is 2.94. The summed E-state index contributed by atoms with van der Waals surface area (Å²) in [6.45, 7) is 9.43. The lowest BCUT2D eigenvalue weighted by Gasteiger charge is -2.33. The molecular weight excluding hydrogens is 430 g/mol.